The Balaban J connectivity index is 2.52. The van der Waals surface area contributed by atoms with Gasteiger partial charge in [-0.25, -0.2) is 8.42 Å². The van der Waals surface area contributed by atoms with Crippen LogP contribution in [0.2, 0.25) is 0 Å². The van der Waals surface area contributed by atoms with Crippen molar-refractivity contribution >= 4 is 9.84 Å². The van der Waals surface area contributed by atoms with Crippen LogP contribution in [0.25, 0.3) is 0 Å². The second-order valence-electron chi connectivity index (χ2n) is 4.13. The van der Waals surface area contributed by atoms with Crippen LogP contribution in [0.5, 0.6) is 5.75 Å². The van der Waals surface area contributed by atoms with Crippen molar-refractivity contribution in [3.63, 3.8) is 0 Å². The maximum Gasteiger partial charge on any atom is 0.573 e. The van der Waals surface area contributed by atoms with E-state index in [4.69, 9.17) is 5.26 Å². The number of nitrogens with zero attached hydrogens (tertiary/aromatic N) is 1. The van der Waals surface area contributed by atoms with Gasteiger partial charge in [0.15, 0.2) is 0 Å². The largest absolute Gasteiger partial charge is 0.573 e. The number of hydrogen-bond donors (Lipinski definition) is 0. The van der Waals surface area contributed by atoms with E-state index in [9.17, 15) is 21.6 Å². The highest BCUT2D eigenvalue weighted by atomic mass is 32.2. The average molecular weight is 327 g/mol. The van der Waals surface area contributed by atoms with Crippen molar-refractivity contribution in [3.8, 4) is 11.8 Å². The molecule has 2 aromatic rings. The fourth-order valence-electron chi connectivity index (χ4n) is 1.72. The van der Waals surface area contributed by atoms with E-state index >= 15 is 0 Å². The summed E-state index contributed by atoms with van der Waals surface area (Å²) in [5.74, 6) is -0.806. The number of halogens is 3. The third kappa shape index (κ3) is 3.38. The highest BCUT2D eigenvalue weighted by molar-refractivity contribution is 7.91. The van der Waals surface area contributed by atoms with Gasteiger partial charge in [-0.05, 0) is 36.4 Å². The van der Waals surface area contributed by atoms with Crippen molar-refractivity contribution in [1.29, 1.82) is 5.26 Å². The first-order valence-corrected chi connectivity index (χ1v) is 7.32. The Kier molecular flexibility index (Phi) is 4.10. The van der Waals surface area contributed by atoms with E-state index in [0.29, 0.717) is 0 Å². The Morgan fingerprint density at radius 1 is 1.00 bits per heavy atom. The summed E-state index contributed by atoms with van der Waals surface area (Å²) in [6.07, 6.45) is -5.00. The molecule has 2 rings (SSSR count). The summed E-state index contributed by atoms with van der Waals surface area (Å²) in [5, 5.41) is 8.68. The lowest BCUT2D eigenvalue weighted by Gasteiger charge is -2.13. The minimum Gasteiger partial charge on any atom is -0.404 e. The molecule has 0 bridgehead atoms. The summed E-state index contributed by atoms with van der Waals surface area (Å²) in [5.41, 5.74) is 0.235. The van der Waals surface area contributed by atoms with Gasteiger partial charge in [0.2, 0.25) is 9.84 Å². The summed E-state index contributed by atoms with van der Waals surface area (Å²) >= 11 is 0. The minimum absolute atomic E-state index is 0.232. The van der Waals surface area contributed by atoms with Crippen LogP contribution in [0.4, 0.5) is 13.2 Å². The molecule has 4 nitrogen and oxygen atoms in total. The Morgan fingerprint density at radius 2 is 1.59 bits per heavy atom. The van der Waals surface area contributed by atoms with E-state index in [1.807, 2.05) is 6.07 Å². The predicted octanol–water partition coefficient (Wildman–Crippen LogP) is 3.29. The zero-order valence-corrected chi connectivity index (χ0v) is 11.6. The molecule has 0 saturated heterocycles. The second kappa shape index (κ2) is 5.69. The summed E-state index contributed by atoms with van der Waals surface area (Å²) in [6, 6.07) is 11.1. The quantitative estimate of drug-likeness (QED) is 0.867. The molecule has 0 unspecified atom stereocenters. The molecule has 0 fully saturated rings. The van der Waals surface area contributed by atoms with Gasteiger partial charge in [-0.3, -0.25) is 0 Å². The number of benzene rings is 2. The fourth-order valence-corrected chi connectivity index (χ4v) is 3.10. The second-order valence-corrected chi connectivity index (χ2v) is 6.05. The van der Waals surface area contributed by atoms with Gasteiger partial charge < -0.3 is 4.74 Å². The predicted molar refractivity (Wildman–Crippen MR) is 69.7 cm³/mol. The summed E-state index contributed by atoms with van der Waals surface area (Å²) in [6.45, 7) is 0. The first-order chi connectivity index (χ1) is 10.2. The molecule has 22 heavy (non-hydrogen) atoms. The van der Waals surface area contributed by atoms with Gasteiger partial charge in [-0.15, -0.1) is 13.2 Å². The van der Waals surface area contributed by atoms with E-state index in [-0.39, 0.29) is 10.5 Å². The van der Waals surface area contributed by atoms with Crippen LogP contribution in [0, 0.1) is 11.3 Å². The number of ether oxygens (including phenoxy) is 1. The summed E-state index contributed by atoms with van der Waals surface area (Å²) in [7, 11) is -4.20. The molecule has 0 spiro atoms. The van der Waals surface area contributed by atoms with Crippen molar-refractivity contribution < 1.29 is 26.3 Å². The van der Waals surface area contributed by atoms with Crippen LogP contribution >= 0.6 is 0 Å². The number of hydrogen-bond acceptors (Lipinski definition) is 4. The molecule has 0 N–H and O–H groups in total. The van der Waals surface area contributed by atoms with Crippen LogP contribution in [0.15, 0.2) is 58.3 Å². The Labute approximate surface area is 124 Å². The van der Waals surface area contributed by atoms with E-state index in [0.717, 1.165) is 24.3 Å². The van der Waals surface area contributed by atoms with E-state index in [1.54, 1.807) is 0 Å². The standard InChI is InChI=1S/C14H8F3NO3S/c15-14(16,17)21-12-3-1-2-4-13(12)22(19,20)11-7-5-10(9-18)6-8-11/h1-8H. The monoisotopic (exact) mass is 327 g/mol. The molecule has 0 saturated carbocycles. The van der Waals surface area contributed by atoms with Gasteiger partial charge in [0.25, 0.3) is 0 Å². The maximum absolute atomic E-state index is 12.4. The lowest BCUT2D eigenvalue weighted by Crippen LogP contribution is -2.19. The topological polar surface area (TPSA) is 67.2 Å². The van der Waals surface area contributed by atoms with Crippen molar-refractivity contribution in [2.24, 2.45) is 0 Å². The molecule has 114 valence electrons. The first-order valence-electron chi connectivity index (χ1n) is 5.84. The molecule has 8 heteroatoms. The average Bonchev–Trinajstić information content (AvgIpc) is 2.46. The molecule has 0 radical (unpaired) electrons. The molecular weight excluding hydrogens is 319 g/mol. The zero-order chi connectivity index (χ0) is 16.4. The van der Waals surface area contributed by atoms with Crippen LogP contribution < -0.4 is 4.74 Å². The van der Waals surface area contributed by atoms with E-state index in [1.165, 1.54) is 24.3 Å². The SMILES string of the molecule is N#Cc1ccc(S(=O)(=O)c2ccccc2OC(F)(F)F)cc1. The molecule has 0 aromatic heterocycles. The van der Waals surface area contributed by atoms with Crippen LogP contribution in [0.3, 0.4) is 0 Å². The van der Waals surface area contributed by atoms with Crippen LogP contribution in [-0.2, 0) is 9.84 Å². The van der Waals surface area contributed by atoms with Gasteiger partial charge >= 0.3 is 6.36 Å². The van der Waals surface area contributed by atoms with E-state index in [2.05, 4.69) is 4.74 Å². The Hall–Kier alpha value is -2.53. The smallest absolute Gasteiger partial charge is 0.404 e. The van der Waals surface area contributed by atoms with Crippen molar-refractivity contribution in [2.45, 2.75) is 16.2 Å². The molecule has 2 aromatic carbocycles. The molecule has 0 aliphatic heterocycles. The van der Waals surface area contributed by atoms with Crippen molar-refractivity contribution in [1.82, 2.24) is 0 Å². The van der Waals surface area contributed by atoms with Gasteiger partial charge in [0.05, 0.1) is 16.5 Å². The highest BCUT2D eigenvalue weighted by Crippen LogP contribution is 2.32. The van der Waals surface area contributed by atoms with Crippen molar-refractivity contribution in [3.05, 3.63) is 54.1 Å². The normalized spacial score (nSPS) is 11.7. The number of rotatable bonds is 3. The van der Waals surface area contributed by atoms with Gasteiger partial charge in [-0.1, -0.05) is 12.1 Å². The molecule has 0 atom stereocenters. The van der Waals surface area contributed by atoms with E-state index < -0.39 is 26.8 Å². The molecule has 0 aliphatic carbocycles. The molecular formula is C14H8F3NO3S. The third-order valence-electron chi connectivity index (χ3n) is 2.66. The lowest BCUT2D eigenvalue weighted by atomic mass is 10.2. The van der Waals surface area contributed by atoms with Gasteiger partial charge in [-0.2, -0.15) is 5.26 Å². The Morgan fingerprint density at radius 3 is 2.14 bits per heavy atom. The minimum atomic E-state index is -5.00. The number of nitriles is 1. The number of para-hydroxylation sites is 1. The molecule has 0 amide bonds. The molecule has 0 heterocycles. The first kappa shape index (κ1) is 15.9. The van der Waals surface area contributed by atoms with Crippen LogP contribution in [0.1, 0.15) is 5.56 Å². The Bertz CT molecular complexity index is 822. The van der Waals surface area contributed by atoms with Gasteiger partial charge in [0, 0.05) is 0 Å². The number of sulfone groups is 1. The third-order valence-corrected chi connectivity index (χ3v) is 4.47. The molecule has 0 aliphatic rings. The highest BCUT2D eigenvalue weighted by Gasteiger charge is 2.34. The lowest BCUT2D eigenvalue weighted by molar-refractivity contribution is -0.275. The summed E-state index contributed by atoms with van der Waals surface area (Å²) < 4.78 is 65.6. The fraction of sp³-hybridized carbons (Fsp3) is 0.0714. The maximum atomic E-state index is 12.4. The summed E-state index contributed by atoms with van der Waals surface area (Å²) in [4.78, 5) is -0.832. The zero-order valence-electron chi connectivity index (χ0n) is 10.8. The van der Waals surface area contributed by atoms with Crippen LogP contribution in [-0.4, -0.2) is 14.8 Å². The number of alkyl halides is 3. The van der Waals surface area contributed by atoms with Crippen molar-refractivity contribution in [2.75, 3.05) is 0 Å². The van der Waals surface area contributed by atoms with Gasteiger partial charge in [0.1, 0.15) is 10.6 Å².